The van der Waals surface area contributed by atoms with Crippen molar-refractivity contribution < 1.29 is 38.4 Å². The van der Waals surface area contributed by atoms with Crippen molar-refractivity contribution in [1.82, 2.24) is 19.5 Å². The molecule has 1 saturated heterocycles. The fourth-order valence-corrected chi connectivity index (χ4v) is 4.51. The van der Waals surface area contributed by atoms with Crippen molar-refractivity contribution in [3.8, 4) is 0 Å². The van der Waals surface area contributed by atoms with Crippen molar-refractivity contribution in [1.29, 1.82) is 0 Å². The molecular weight excluding hydrogens is 476 g/mol. The number of nitrogens with two attached hydrogens (primary N) is 1. The Morgan fingerprint density at radius 3 is 2.39 bits per heavy atom. The predicted octanol–water partition coefficient (Wildman–Crippen LogP) is 0.448. The second kappa shape index (κ2) is 10.6. The molecule has 0 unspecified atom stereocenters. The van der Waals surface area contributed by atoms with Crippen LogP contribution in [0.15, 0.2) is 6.33 Å². The van der Waals surface area contributed by atoms with Crippen molar-refractivity contribution >= 4 is 40.8 Å². The molecule has 4 rings (SSSR count). The number of fused-ring (bicyclic) bond motifs is 1. The zero-order valence-corrected chi connectivity index (χ0v) is 20.2. The van der Waals surface area contributed by atoms with Gasteiger partial charge in [-0.15, -0.1) is 0 Å². The maximum Gasteiger partial charge on any atom is 0.303 e. The summed E-state index contributed by atoms with van der Waals surface area (Å²) in [4.78, 5) is 48.3. The third-order valence-electron chi connectivity index (χ3n) is 6.09. The van der Waals surface area contributed by atoms with E-state index in [4.69, 9.17) is 24.7 Å². The van der Waals surface area contributed by atoms with Gasteiger partial charge in [0.05, 0.1) is 12.4 Å². The molecule has 0 amide bonds. The fourth-order valence-electron chi connectivity index (χ4n) is 4.51. The Morgan fingerprint density at radius 1 is 1.08 bits per heavy atom. The highest BCUT2D eigenvalue weighted by Crippen LogP contribution is 2.36. The topological polar surface area (TPSA) is 190 Å². The number of aliphatic hydroxyl groups excluding tert-OH is 1. The number of carbonyl (C=O) groups is 3. The summed E-state index contributed by atoms with van der Waals surface area (Å²) in [6.07, 6.45) is -0.116. The van der Waals surface area contributed by atoms with Gasteiger partial charge in [0.25, 0.3) is 0 Å². The molecule has 1 aliphatic heterocycles. The molecule has 1 aliphatic carbocycles. The van der Waals surface area contributed by atoms with Gasteiger partial charge in [-0.3, -0.25) is 19.0 Å². The number of rotatable bonds is 7. The molecular formula is C22H30N6O8. The van der Waals surface area contributed by atoms with Crippen LogP contribution in [0.2, 0.25) is 0 Å². The van der Waals surface area contributed by atoms with Gasteiger partial charge in [0, 0.05) is 26.8 Å². The summed E-state index contributed by atoms with van der Waals surface area (Å²) in [5.74, 6) is -1.39. The number of imidazole rings is 1. The van der Waals surface area contributed by atoms with E-state index in [-0.39, 0.29) is 30.5 Å². The Hall–Kier alpha value is -3.52. The van der Waals surface area contributed by atoms with Crippen LogP contribution in [0.5, 0.6) is 0 Å². The van der Waals surface area contributed by atoms with E-state index in [0.29, 0.717) is 24.0 Å². The summed E-state index contributed by atoms with van der Waals surface area (Å²) in [5.41, 5.74) is 6.76. The van der Waals surface area contributed by atoms with Gasteiger partial charge >= 0.3 is 17.9 Å². The number of anilines is 2. The summed E-state index contributed by atoms with van der Waals surface area (Å²) in [6, 6.07) is 0.0691. The standard InChI is InChI=1S/C22H30N6O8/c1-10(29)33-8-15-17(34-11(2)30)18(35-12(3)31)21(36-15)28-9-24-16-19(23)26-22(27-20(16)28)25-13-4-6-14(32)7-5-13/h9,13-15,17-18,21,32H,4-8H2,1-3H3,(H3,23,25,26,27)/t13?,14?,15-,17-,18-,21-/m1/s1. The molecule has 14 nitrogen and oxygen atoms in total. The van der Waals surface area contributed by atoms with E-state index in [2.05, 4.69) is 20.3 Å². The third-order valence-corrected chi connectivity index (χ3v) is 6.09. The van der Waals surface area contributed by atoms with Gasteiger partial charge in [-0.05, 0) is 25.7 Å². The first kappa shape index (κ1) is 25.6. The van der Waals surface area contributed by atoms with Crippen LogP contribution < -0.4 is 11.1 Å². The number of esters is 3. The highest BCUT2D eigenvalue weighted by atomic mass is 16.7. The highest BCUT2D eigenvalue weighted by molar-refractivity contribution is 5.83. The molecule has 196 valence electrons. The van der Waals surface area contributed by atoms with E-state index in [0.717, 1.165) is 12.8 Å². The molecule has 4 N–H and O–H groups in total. The maximum atomic E-state index is 11.9. The van der Waals surface area contributed by atoms with Gasteiger partial charge in [0.1, 0.15) is 18.2 Å². The van der Waals surface area contributed by atoms with Crippen LogP contribution in [0, 0.1) is 0 Å². The smallest absolute Gasteiger partial charge is 0.303 e. The van der Waals surface area contributed by atoms with Gasteiger partial charge in [-0.25, -0.2) is 4.98 Å². The zero-order valence-electron chi connectivity index (χ0n) is 20.2. The summed E-state index contributed by atoms with van der Waals surface area (Å²) in [6.45, 7) is 3.44. The monoisotopic (exact) mass is 506 g/mol. The van der Waals surface area contributed by atoms with Crippen LogP contribution in [0.25, 0.3) is 11.2 Å². The number of hydrogen-bond acceptors (Lipinski definition) is 13. The quantitative estimate of drug-likeness (QED) is 0.347. The van der Waals surface area contributed by atoms with E-state index < -0.39 is 42.4 Å². The minimum atomic E-state index is -1.09. The zero-order chi connectivity index (χ0) is 26.0. The SMILES string of the molecule is CC(=O)OC[C@H]1O[C@@H](n2cnc3c(N)nc(NC4CCC(O)CC4)nc32)[C@H](OC(C)=O)[C@@H]1OC(C)=O. The molecule has 2 aromatic heterocycles. The largest absolute Gasteiger partial charge is 0.463 e. The molecule has 2 aliphatic rings. The molecule has 14 heteroatoms. The lowest BCUT2D eigenvalue weighted by atomic mass is 9.93. The normalized spacial score (nSPS) is 28.0. The molecule has 0 aromatic carbocycles. The van der Waals surface area contributed by atoms with Crippen molar-refractivity contribution in [2.45, 2.75) is 83.1 Å². The fraction of sp³-hybridized carbons (Fsp3) is 0.636. The predicted molar refractivity (Wildman–Crippen MR) is 123 cm³/mol. The molecule has 1 saturated carbocycles. The van der Waals surface area contributed by atoms with Gasteiger partial charge in [-0.1, -0.05) is 0 Å². The number of aliphatic hydroxyl groups is 1. The Kier molecular flexibility index (Phi) is 7.54. The minimum Gasteiger partial charge on any atom is -0.463 e. The van der Waals surface area contributed by atoms with E-state index in [9.17, 15) is 19.5 Å². The highest BCUT2D eigenvalue weighted by Gasteiger charge is 2.51. The first-order chi connectivity index (χ1) is 17.1. The average Bonchev–Trinajstić information content (AvgIpc) is 3.35. The average molecular weight is 507 g/mol. The van der Waals surface area contributed by atoms with Crippen LogP contribution >= 0.6 is 0 Å². The van der Waals surface area contributed by atoms with Crippen molar-refractivity contribution in [2.24, 2.45) is 0 Å². The van der Waals surface area contributed by atoms with Gasteiger partial charge < -0.3 is 35.1 Å². The Morgan fingerprint density at radius 2 is 1.75 bits per heavy atom. The number of aromatic nitrogens is 4. The lowest BCUT2D eigenvalue weighted by Crippen LogP contribution is -2.40. The number of carbonyl (C=O) groups excluding carboxylic acids is 3. The number of hydrogen-bond donors (Lipinski definition) is 3. The Labute approximate surface area is 206 Å². The maximum absolute atomic E-state index is 11.9. The van der Waals surface area contributed by atoms with Gasteiger partial charge in [-0.2, -0.15) is 9.97 Å². The number of ether oxygens (including phenoxy) is 4. The number of nitrogens with one attached hydrogen (secondary N) is 1. The Bertz CT molecular complexity index is 1130. The van der Waals surface area contributed by atoms with Crippen LogP contribution in [-0.2, 0) is 33.3 Å². The minimum absolute atomic E-state index is 0.0691. The number of nitrogens with zero attached hydrogens (tertiary/aromatic N) is 4. The van der Waals surface area contributed by atoms with E-state index >= 15 is 0 Å². The van der Waals surface area contributed by atoms with Crippen molar-refractivity contribution in [3.63, 3.8) is 0 Å². The molecule has 2 fully saturated rings. The summed E-state index contributed by atoms with van der Waals surface area (Å²) in [7, 11) is 0. The van der Waals surface area contributed by atoms with Crippen molar-refractivity contribution in [3.05, 3.63) is 6.33 Å². The lowest BCUT2D eigenvalue weighted by molar-refractivity contribution is -0.166. The van der Waals surface area contributed by atoms with E-state index in [1.165, 1.54) is 31.7 Å². The van der Waals surface area contributed by atoms with Crippen LogP contribution in [0.3, 0.4) is 0 Å². The molecule has 2 aromatic rings. The third kappa shape index (κ3) is 5.65. The van der Waals surface area contributed by atoms with Crippen molar-refractivity contribution in [2.75, 3.05) is 17.7 Å². The van der Waals surface area contributed by atoms with E-state index in [1.807, 2.05) is 0 Å². The lowest BCUT2D eigenvalue weighted by Gasteiger charge is -2.26. The second-order valence-corrected chi connectivity index (χ2v) is 8.92. The van der Waals surface area contributed by atoms with E-state index in [1.54, 1.807) is 0 Å². The summed E-state index contributed by atoms with van der Waals surface area (Å²) in [5, 5.41) is 13.0. The second-order valence-electron chi connectivity index (χ2n) is 8.92. The Balaban J connectivity index is 1.68. The van der Waals surface area contributed by atoms with Gasteiger partial charge in [0.15, 0.2) is 29.9 Å². The number of nitrogen functional groups attached to an aromatic ring is 1. The molecule has 36 heavy (non-hydrogen) atoms. The van der Waals surface area contributed by atoms with Crippen LogP contribution in [0.4, 0.5) is 11.8 Å². The summed E-state index contributed by atoms with van der Waals surface area (Å²) < 4.78 is 23.6. The molecule has 0 bridgehead atoms. The molecule has 4 atom stereocenters. The molecule has 0 radical (unpaired) electrons. The summed E-state index contributed by atoms with van der Waals surface area (Å²) >= 11 is 0. The first-order valence-corrected chi connectivity index (χ1v) is 11.7. The first-order valence-electron chi connectivity index (χ1n) is 11.7. The van der Waals surface area contributed by atoms with Crippen LogP contribution in [-0.4, -0.2) is 79.6 Å². The molecule has 3 heterocycles. The molecule has 0 spiro atoms. The van der Waals surface area contributed by atoms with Crippen LogP contribution in [0.1, 0.15) is 52.7 Å². The van der Waals surface area contributed by atoms with Gasteiger partial charge in [0.2, 0.25) is 5.95 Å².